The lowest BCUT2D eigenvalue weighted by Gasteiger charge is -2.42. The largest absolute Gasteiger partial charge is 0.422 e. The molecule has 1 heterocycles. The van der Waals surface area contributed by atoms with Gasteiger partial charge in [-0.15, -0.1) is 0 Å². The fraction of sp³-hybridized carbons (Fsp3) is 0.429. The second kappa shape index (κ2) is 6.40. The highest BCUT2D eigenvalue weighted by Crippen LogP contribution is 2.45. The summed E-state index contributed by atoms with van der Waals surface area (Å²) in [7, 11) is 0. The van der Waals surface area contributed by atoms with E-state index < -0.39 is 29.2 Å². The van der Waals surface area contributed by atoms with E-state index in [1.807, 2.05) is 12.2 Å². The zero-order chi connectivity index (χ0) is 19.1. The van der Waals surface area contributed by atoms with Crippen molar-refractivity contribution >= 4 is 11.9 Å². The Labute approximate surface area is 153 Å². The zero-order valence-corrected chi connectivity index (χ0v) is 15.1. The molecule has 1 unspecified atom stereocenters. The lowest BCUT2D eigenvalue weighted by Crippen LogP contribution is -2.54. The van der Waals surface area contributed by atoms with Crippen molar-refractivity contribution in [1.29, 1.82) is 0 Å². The highest BCUT2D eigenvalue weighted by molar-refractivity contribution is 6.02. The van der Waals surface area contributed by atoms with Gasteiger partial charge in [0, 0.05) is 13.8 Å². The molecule has 0 bridgehead atoms. The Hall–Kier alpha value is -2.40. The Morgan fingerprint density at radius 1 is 1.15 bits per heavy atom. The van der Waals surface area contributed by atoms with Gasteiger partial charge in [-0.2, -0.15) is 0 Å². The van der Waals surface area contributed by atoms with Crippen molar-refractivity contribution in [3.05, 3.63) is 59.8 Å². The molecule has 0 aromatic carbocycles. The van der Waals surface area contributed by atoms with Crippen molar-refractivity contribution in [3.63, 3.8) is 0 Å². The predicted molar refractivity (Wildman–Crippen MR) is 95.4 cm³/mol. The van der Waals surface area contributed by atoms with Crippen LogP contribution in [-0.4, -0.2) is 28.9 Å². The number of aliphatic hydroxyl groups is 1. The molecular formula is C21H23O5. The van der Waals surface area contributed by atoms with Gasteiger partial charge in [0.15, 0.2) is 5.41 Å². The van der Waals surface area contributed by atoms with Gasteiger partial charge in [0.05, 0.1) is 6.10 Å². The smallest absolute Gasteiger partial charge is 0.327 e. The normalized spacial score (nSPS) is 29.0. The van der Waals surface area contributed by atoms with Crippen LogP contribution < -0.4 is 0 Å². The molecule has 1 radical (unpaired) electrons. The van der Waals surface area contributed by atoms with E-state index in [9.17, 15) is 14.7 Å². The first kappa shape index (κ1) is 18.4. The summed E-state index contributed by atoms with van der Waals surface area (Å²) in [5.74, 6) is -2.50. The molecule has 3 aliphatic rings. The van der Waals surface area contributed by atoms with Gasteiger partial charge in [-0.3, -0.25) is 9.59 Å². The van der Waals surface area contributed by atoms with Gasteiger partial charge < -0.3 is 14.6 Å². The van der Waals surface area contributed by atoms with Crippen LogP contribution in [0.4, 0.5) is 0 Å². The number of cyclic esters (lactones) is 2. The van der Waals surface area contributed by atoms with Gasteiger partial charge in [0.1, 0.15) is 0 Å². The van der Waals surface area contributed by atoms with Crippen LogP contribution in [0.1, 0.15) is 39.5 Å². The van der Waals surface area contributed by atoms with Crippen molar-refractivity contribution < 1.29 is 24.2 Å². The van der Waals surface area contributed by atoms with Crippen LogP contribution >= 0.6 is 0 Å². The highest BCUT2D eigenvalue weighted by Gasteiger charge is 2.57. The molecule has 1 fully saturated rings. The Balaban J connectivity index is 1.93. The fourth-order valence-electron chi connectivity index (χ4n) is 3.68. The predicted octanol–water partition coefficient (Wildman–Crippen LogP) is 3.08. The van der Waals surface area contributed by atoms with Crippen molar-refractivity contribution in [2.24, 2.45) is 5.41 Å². The molecule has 1 aliphatic heterocycles. The summed E-state index contributed by atoms with van der Waals surface area (Å²) in [5, 5.41) is 10.0. The lowest BCUT2D eigenvalue weighted by atomic mass is 9.71. The molecule has 0 aromatic rings. The van der Waals surface area contributed by atoms with Gasteiger partial charge in [-0.05, 0) is 48.0 Å². The summed E-state index contributed by atoms with van der Waals surface area (Å²) in [5.41, 5.74) is 1.54. The van der Waals surface area contributed by atoms with Crippen LogP contribution in [0, 0.1) is 12.0 Å². The molecule has 1 spiro atoms. The first-order chi connectivity index (χ1) is 12.1. The summed E-state index contributed by atoms with van der Waals surface area (Å²) in [6.45, 7) is 12.8. The molecule has 0 amide bonds. The second-order valence-electron chi connectivity index (χ2n) is 7.61. The van der Waals surface area contributed by atoms with E-state index in [1.54, 1.807) is 12.2 Å². The number of ether oxygens (including phenoxy) is 2. The number of carbonyl (C=O) groups excluding carboxylic acids is 2. The molecule has 5 nitrogen and oxygen atoms in total. The van der Waals surface area contributed by atoms with Gasteiger partial charge in [0.2, 0.25) is 0 Å². The van der Waals surface area contributed by atoms with Crippen molar-refractivity contribution in [1.82, 2.24) is 0 Å². The minimum absolute atomic E-state index is 0.0732. The van der Waals surface area contributed by atoms with Crippen LogP contribution in [0.3, 0.4) is 0 Å². The van der Waals surface area contributed by atoms with E-state index in [1.165, 1.54) is 13.8 Å². The molecule has 5 heteroatoms. The van der Waals surface area contributed by atoms with E-state index in [0.717, 1.165) is 16.7 Å². The van der Waals surface area contributed by atoms with Gasteiger partial charge >= 0.3 is 11.9 Å². The quantitative estimate of drug-likeness (QED) is 0.609. The monoisotopic (exact) mass is 355 g/mol. The Kier molecular flexibility index (Phi) is 4.53. The molecule has 0 aromatic heterocycles. The average Bonchev–Trinajstić information content (AvgIpc) is 2.51. The summed E-state index contributed by atoms with van der Waals surface area (Å²) >= 11 is 0. The summed E-state index contributed by atoms with van der Waals surface area (Å²) in [6, 6.07) is 0. The molecule has 26 heavy (non-hydrogen) atoms. The first-order valence-electron chi connectivity index (χ1n) is 8.64. The average molecular weight is 355 g/mol. The SMILES string of the molecule is [CH]=C1C=C(/C=C2/C=C(C=C)CC(O)C2)CC2(C1)C(=O)OC(C)(C)OC2=O. The van der Waals surface area contributed by atoms with Gasteiger partial charge in [-0.1, -0.05) is 37.5 Å². The summed E-state index contributed by atoms with van der Waals surface area (Å²) in [6.07, 6.45) is 8.09. The van der Waals surface area contributed by atoms with Crippen LogP contribution in [0.15, 0.2) is 53.2 Å². The van der Waals surface area contributed by atoms with Crippen LogP contribution in [0.25, 0.3) is 0 Å². The van der Waals surface area contributed by atoms with E-state index in [2.05, 4.69) is 6.58 Å². The summed E-state index contributed by atoms with van der Waals surface area (Å²) < 4.78 is 10.6. The molecule has 1 N–H and O–H groups in total. The van der Waals surface area contributed by atoms with Crippen LogP contribution in [0.2, 0.25) is 0 Å². The molecule has 3 rings (SSSR count). The number of hydrogen-bond acceptors (Lipinski definition) is 5. The van der Waals surface area contributed by atoms with Crippen molar-refractivity contribution in [2.75, 3.05) is 0 Å². The fourth-order valence-corrected chi connectivity index (χ4v) is 3.68. The van der Waals surface area contributed by atoms with E-state index in [-0.39, 0.29) is 12.8 Å². The number of aliphatic hydroxyl groups excluding tert-OH is 1. The Morgan fingerprint density at radius 3 is 2.42 bits per heavy atom. The minimum Gasteiger partial charge on any atom is -0.422 e. The van der Waals surface area contributed by atoms with E-state index in [4.69, 9.17) is 16.1 Å². The lowest BCUT2D eigenvalue weighted by molar-refractivity contribution is -0.251. The molecular weight excluding hydrogens is 332 g/mol. The van der Waals surface area contributed by atoms with Gasteiger partial charge in [0.25, 0.3) is 5.79 Å². The van der Waals surface area contributed by atoms with Crippen molar-refractivity contribution in [2.45, 2.75) is 51.4 Å². The zero-order valence-electron chi connectivity index (χ0n) is 15.1. The van der Waals surface area contributed by atoms with E-state index in [0.29, 0.717) is 18.4 Å². The minimum atomic E-state index is -1.45. The molecule has 2 aliphatic carbocycles. The van der Waals surface area contributed by atoms with Crippen molar-refractivity contribution in [3.8, 4) is 0 Å². The van der Waals surface area contributed by atoms with Crippen LogP contribution in [-0.2, 0) is 19.1 Å². The van der Waals surface area contributed by atoms with Crippen LogP contribution in [0.5, 0.6) is 0 Å². The Bertz CT molecular complexity index is 758. The number of hydrogen-bond donors (Lipinski definition) is 1. The third-order valence-electron chi connectivity index (χ3n) is 4.79. The molecule has 1 atom stereocenters. The number of esters is 2. The molecule has 137 valence electrons. The maximum absolute atomic E-state index is 12.6. The standard InChI is InChI=1S/C21H23O5/c1-5-14-7-15(10-17(22)9-14)8-16-6-13(2)11-21(12-16)18(23)25-20(3,4)26-19(21)24/h2,5-8,17,22H,1,9-12H2,3-4H3/b13-2?,15-8-. The third kappa shape index (κ3) is 3.44. The molecule has 1 saturated heterocycles. The van der Waals surface area contributed by atoms with E-state index >= 15 is 0 Å². The third-order valence-corrected chi connectivity index (χ3v) is 4.79. The first-order valence-corrected chi connectivity index (χ1v) is 8.64. The van der Waals surface area contributed by atoms with Gasteiger partial charge in [-0.25, -0.2) is 0 Å². The second-order valence-corrected chi connectivity index (χ2v) is 7.61. The maximum atomic E-state index is 12.6. The summed E-state index contributed by atoms with van der Waals surface area (Å²) in [4.78, 5) is 25.3. The topological polar surface area (TPSA) is 72.8 Å². The molecule has 0 saturated carbocycles. The number of allylic oxidation sites excluding steroid dienone is 6. The maximum Gasteiger partial charge on any atom is 0.327 e. The number of rotatable bonds is 2. The number of carbonyl (C=O) groups is 2. The Morgan fingerprint density at radius 2 is 1.81 bits per heavy atom. The highest BCUT2D eigenvalue weighted by atomic mass is 16.7.